The number of fused-ring (bicyclic) bond motifs is 1. The Labute approximate surface area is 165 Å². The minimum atomic E-state index is 0.00322. The van der Waals surface area contributed by atoms with Gasteiger partial charge in [0.15, 0.2) is 5.65 Å². The van der Waals surface area contributed by atoms with Crippen molar-refractivity contribution in [2.24, 2.45) is 5.92 Å². The first-order chi connectivity index (χ1) is 13.3. The predicted octanol–water partition coefficient (Wildman–Crippen LogP) is 3.53. The van der Waals surface area contributed by atoms with Gasteiger partial charge in [-0.2, -0.15) is 0 Å². The molecular weight excluding hydrogens is 354 g/mol. The second-order valence-corrected chi connectivity index (χ2v) is 8.85. The van der Waals surface area contributed by atoms with E-state index in [0.717, 1.165) is 48.9 Å². The van der Waals surface area contributed by atoms with E-state index in [-0.39, 0.29) is 5.41 Å². The quantitative estimate of drug-likeness (QED) is 0.671. The van der Waals surface area contributed by atoms with Crippen molar-refractivity contribution in [3.05, 3.63) is 41.0 Å². The smallest absolute Gasteiger partial charge is 0.231 e. The number of hydrogen-bond acceptors (Lipinski definition) is 6. The first kappa shape index (κ1) is 18.9. The first-order valence-corrected chi connectivity index (χ1v) is 9.93. The largest absolute Gasteiger partial charge is 0.476 e. The van der Waals surface area contributed by atoms with Crippen LogP contribution in [0.1, 0.15) is 49.9 Å². The molecule has 1 atom stereocenters. The summed E-state index contributed by atoms with van der Waals surface area (Å²) in [5, 5.41) is 8.62. The van der Waals surface area contributed by atoms with Gasteiger partial charge in [0, 0.05) is 36.1 Å². The molecule has 28 heavy (non-hydrogen) atoms. The third-order valence-electron chi connectivity index (χ3n) is 5.46. The molecule has 0 aliphatic carbocycles. The maximum Gasteiger partial charge on any atom is 0.231 e. The Balaban J connectivity index is 1.34. The van der Waals surface area contributed by atoms with Crippen LogP contribution in [0.15, 0.2) is 22.9 Å². The van der Waals surface area contributed by atoms with Gasteiger partial charge in [0.1, 0.15) is 5.76 Å². The highest BCUT2D eigenvalue weighted by atomic mass is 16.5. The fourth-order valence-corrected chi connectivity index (χ4v) is 3.65. The molecule has 0 aromatic carbocycles. The van der Waals surface area contributed by atoms with Crippen molar-refractivity contribution in [2.45, 2.75) is 53.0 Å². The summed E-state index contributed by atoms with van der Waals surface area (Å²) in [6.45, 7) is 14.1. The number of aryl methyl sites for hydroxylation is 2. The van der Waals surface area contributed by atoms with Gasteiger partial charge in [0.05, 0.1) is 24.2 Å². The molecule has 1 saturated heterocycles. The van der Waals surface area contributed by atoms with Gasteiger partial charge in [-0.1, -0.05) is 25.9 Å². The van der Waals surface area contributed by atoms with E-state index < -0.39 is 0 Å². The van der Waals surface area contributed by atoms with Crippen LogP contribution >= 0.6 is 0 Å². The van der Waals surface area contributed by atoms with Crippen LogP contribution in [0, 0.1) is 19.8 Å². The summed E-state index contributed by atoms with van der Waals surface area (Å²) in [4.78, 5) is 7.09. The molecule has 3 aromatic heterocycles. The van der Waals surface area contributed by atoms with E-state index in [4.69, 9.17) is 9.26 Å². The average Bonchev–Trinajstić information content (AvgIpc) is 3.34. The molecule has 0 saturated carbocycles. The monoisotopic (exact) mass is 383 g/mol. The van der Waals surface area contributed by atoms with Crippen LogP contribution in [0.2, 0.25) is 0 Å². The predicted molar refractivity (Wildman–Crippen MR) is 107 cm³/mol. The number of imidazole rings is 1. The van der Waals surface area contributed by atoms with Crippen LogP contribution in [0.25, 0.3) is 5.65 Å². The van der Waals surface area contributed by atoms with E-state index in [1.165, 1.54) is 5.56 Å². The molecule has 1 fully saturated rings. The van der Waals surface area contributed by atoms with Gasteiger partial charge in [0.25, 0.3) is 0 Å². The Morgan fingerprint density at radius 2 is 2.07 bits per heavy atom. The molecule has 7 heteroatoms. The van der Waals surface area contributed by atoms with Gasteiger partial charge in [-0.3, -0.25) is 4.90 Å². The Hall–Kier alpha value is -2.41. The van der Waals surface area contributed by atoms with Crippen LogP contribution in [-0.2, 0) is 12.0 Å². The third kappa shape index (κ3) is 3.90. The molecule has 4 rings (SSSR count). The molecule has 0 N–H and O–H groups in total. The SMILES string of the molecule is Cc1noc(C)c1CN1CCC(COc2ccc3nc(C(C)(C)C)cn3n2)C1. The van der Waals surface area contributed by atoms with E-state index in [1.54, 1.807) is 0 Å². The van der Waals surface area contributed by atoms with Gasteiger partial charge < -0.3 is 9.26 Å². The maximum absolute atomic E-state index is 6.01. The third-order valence-corrected chi connectivity index (χ3v) is 5.46. The minimum absolute atomic E-state index is 0.00322. The van der Waals surface area contributed by atoms with Gasteiger partial charge in [-0.25, -0.2) is 9.50 Å². The molecule has 0 spiro atoms. The van der Waals surface area contributed by atoms with Crippen molar-refractivity contribution >= 4 is 5.65 Å². The maximum atomic E-state index is 6.01. The summed E-state index contributed by atoms with van der Waals surface area (Å²) in [5.74, 6) is 2.07. The molecule has 3 aromatic rings. The zero-order chi connectivity index (χ0) is 19.9. The Morgan fingerprint density at radius 3 is 2.79 bits per heavy atom. The number of aromatic nitrogens is 4. The number of ether oxygens (including phenoxy) is 1. The van der Waals surface area contributed by atoms with Crippen molar-refractivity contribution < 1.29 is 9.26 Å². The molecule has 1 unspecified atom stereocenters. The van der Waals surface area contributed by atoms with Crippen molar-refractivity contribution in [2.75, 3.05) is 19.7 Å². The lowest BCUT2D eigenvalue weighted by Crippen LogP contribution is -2.22. The van der Waals surface area contributed by atoms with E-state index >= 15 is 0 Å². The summed E-state index contributed by atoms with van der Waals surface area (Å²) in [7, 11) is 0. The second-order valence-electron chi connectivity index (χ2n) is 8.85. The molecule has 1 aliphatic heterocycles. The fourth-order valence-electron chi connectivity index (χ4n) is 3.65. The van der Waals surface area contributed by atoms with Crippen molar-refractivity contribution in [1.29, 1.82) is 0 Å². The molecular formula is C21H29N5O2. The van der Waals surface area contributed by atoms with E-state index in [9.17, 15) is 0 Å². The van der Waals surface area contributed by atoms with E-state index in [0.29, 0.717) is 18.4 Å². The Morgan fingerprint density at radius 1 is 1.25 bits per heavy atom. The summed E-state index contributed by atoms with van der Waals surface area (Å²) >= 11 is 0. The van der Waals surface area contributed by atoms with Crippen LogP contribution in [0.4, 0.5) is 0 Å². The van der Waals surface area contributed by atoms with Gasteiger partial charge in [-0.05, 0) is 32.9 Å². The minimum Gasteiger partial charge on any atom is -0.476 e. The van der Waals surface area contributed by atoms with Crippen molar-refractivity contribution in [3.63, 3.8) is 0 Å². The number of nitrogens with zero attached hydrogens (tertiary/aromatic N) is 5. The fraction of sp³-hybridized carbons (Fsp3) is 0.571. The second kappa shape index (κ2) is 7.20. The summed E-state index contributed by atoms with van der Waals surface area (Å²) in [5.41, 5.74) is 4.09. The van der Waals surface area contributed by atoms with Crippen LogP contribution in [0.5, 0.6) is 5.88 Å². The lowest BCUT2D eigenvalue weighted by atomic mass is 9.93. The normalized spacial score (nSPS) is 18.2. The van der Waals surface area contributed by atoms with Crippen molar-refractivity contribution in [1.82, 2.24) is 24.7 Å². The molecule has 0 radical (unpaired) electrons. The highest BCUT2D eigenvalue weighted by Gasteiger charge is 2.25. The van der Waals surface area contributed by atoms with Crippen molar-refractivity contribution in [3.8, 4) is 5.88 Å². The molecule has 0 amide bonds. The molecule has 0 bridgehead atoms. The number of likely N-dealkylation sites (tertiary alicyclic amines) is 1. The van der Waals surface area contributed by atoms with Crippen LogP contribution in [-0.4, -0.2) is 44.4 Å². The van der Waals surface area contributed by atoms with Gasteiger partial charge in [-0.15, -0.1) is 5.10 Å². The molecule has 1 aliphatic rings. The lowest BCUT2D eigenvalue weighted by molar-refractivity contribution is 0.229. The van der Waals surface area contributed by atoms with Gasteiger partial charge >= 0.3 is 0 Å². The molecule has 4 heterocycles. The summed E-state index contributed by atoms with van der Waals surface area (Å²) < 4.78 is 13.1. The molecule has 150 valence electrons. The Bertz CT molecular complexity index is 949. The highest BCUT2D eigenvalue weighted by Crippen LogP contribution is 2.24. The summed E-state index contributed by atoms with van der Waals surface area (Å²) in [6.07, 6.45) is 3.12. The Kier molecular flexibility index (Phi) is 4.87. The lowest BCUT2D eigenvalue weighted by Gasteiger charge is -2.16. The van der Waals surface area contributed by atoms with E-state index in [2.05, 4.69) is 40.9 Å². The number of rotatable bonds is 5. The zero-order valence-corrected chi connectivity index (χ0v) is 17.4. The van der Waals surface area contributed by atoms with Crippen LogP contribution in [0.3, 0.4) is 0 Å². The molecule has 7 nitrogen and oxygen atoms in total. The zero-order valence-electron chi connectivity index (χ0n) is 17.4. The first-order valence-electron chi connectivity index (χ1n) is 9.93. The highest BCUT2D eigenvalue weighted by molar-refractivity contribution is 5.40. The van der Waals surface area contributed by atoms with Gasteiger partial charge in [0.2, 0.25) is 5.88 Å². The van der Waals surface area contributed by atoms with E-state index in [1.807, 2.05) is 36.7 Å². The number of hydrogen-bond donors (Lipinski definition) is 0. The topological polar surface area (TPSA) is 68.7 Å². The van der Waals surface area contributed by atoms with Crippen LogP contribution < -0.4 is 4.74 Å². The standard InChI is InChI=1S/C21H29N5O2/c1-14-17(15(2)28-24-14)11-25-9-8-16(10-25)13-27-20-7-6-19-22-18(21(3,4)5)12-26(19)23-20/h6-7,12,16H,8-11,13H2,1-5H3. The summed E-state index contributed by atoms with van der Waals surface area (Å²) in [6, 6.07) is 3.88. The average molecular weight is 383 g/mol.